The SMILES string of the molecule is N#Cc1cn(Cc2cc(Cl)ccc2Cl)nc1N. The number of anilines is 1. The summed E-state index contributed by atoms with van der Waals surface area (Å²) in [6, 6.07) is 7.15. The van der Waals surface area contributed by atoms with E-state index in [1.165, 1.54) is 0 Å². The molecule has 2 N–H and O–H groups in total. The van der Waals surface area contributed by atoms with Gasteiger partial charge < -0.3 is 5.73 Å². The van der Waals surface area contributed by atoms with E-state index in [0.29, 0.717) is 22.2 Å². The second kappa shape index (κ2) is 4.66. The molecule has 0 saturated heterocycles. The van der Waals surface area contributed by atoms with Gasteiger partial charge in [0, 0.05) is 16.2 Å². The van der Waals surface area contributed by atoms with Crippen LogP contribution in [0.15, 0.2) is 24.4 Å². The van der Waals surface area contributed by atoms with Gasteiger partial charge in [0.25, 0.3) is 0 Å². The predicted octanol–water partition coefficient (Wildman–Crippen LogP) is 2.69. The largest absolute Gasteiger partial charge is 0.381 e. The minimum Gasteiger partial charge on any atom is -0.381 e. The Bertz CT molecular complexity index is 598. The third-order valence-corrected chi connectivity index (χ3v) is 2.85. The molecule has 6 heteroatoms. The molecule has 0 fully saturated rings. The van der Waals surface area contributed by atoms with Gasteiger partial charge in [-0.25, -0.2) is 0 Å². The van der Waals surface area contributed by atoms with E-state index in [1.54, 1.807) is 29.1 Å². The molecule has 0 aliphatic heterocycles. The Morgan fingerprint density at radius 3 is 2.82 bits per heavy atom. The number of nitriles is 1. The van der Waals surface area contributed by atoms with Gasteiger partial charge in [-0.05, 0) is 23.8 Å². The summed E-state index contributed by atoms with van der Waals surface area (Å²) in [5, 5.41) is 14.0. The Balaban J connectivity index is 2.31. The molecule has 0 unspecified atom stereocenters. The number of rotatable bonds is 2. The molecule has 0 bridgehead atoms. The van der Waals surface area contributed by atoms with E-state index in [-0.39, 0.29) is 5.82 Å². The van der Waals surface area contributed by atoms with Crippen LogP contribution in [-0.4, -0.2) is 9.78 Å². The Morgan fingerprint density at radius 1 is 1.41 bits per heavy atom. The van der Waals surface area contributed by atoms with E-state index in [1.807, 2.05) is 6.07 Å². The van der Waals surface area contributed by atoms with Crippen LogP contribution in [0, 0.1) is 11.3 Å². The van der Waals surface area contributed by atoms with Crippen LogP contribution in [0.25, 0.3) is 0 Å². The molecule has 2 rings (SSSR count). The lowest BCUT2D eigenvalue weighted by Crippen LogP contribution is -2.01. The zero-order valence-electron chi connectivity index (χ0n) is 8.69. The summed E-state index contributed by atoms with van der Waals surface area (Å²) in [5.41, 5.74) is 6.74. The molecule has 86 valence electrons. The second-order valence-electron chi connectivity index (χ2n) is 3.47. The van der Waals surface area contributed by atoms with E-state index in [2.05, 4.69) is 5.10 Å². The van der Waals surface area contributed by atoms with E-state index in [9.17, 15) is 0 Å². The summed E-state index contributed by atoms with van der Waals surface area (Å²) in [7, 11) is 0. The van der Waals surface area contributed by atoms with Crippen molar-refractivity contribution in [2.24, 2.45) is 0 Å². The van der Waals surface area contributed by atoms with Gasteiger partial charge in [-0.15, -0.1) is 0 Å². The van der Waals surface area contributed by atoms with Gasteiger partial charge in [0.1, 0.15) is 11.6 Å². The number of aromatic nitrogens is 2. The first kappa shape index (κ1) is 11.8. The Morgan fingerprint density at radius 2 is 2.18 bits per heavy atom. The molecule has 0 aliphatic carbocycles. The van der Waals surface area contributed by atoms with Crippen molar-refractivity contribution in [3.63, 3.8) is 0 Å². The Hall–Kier alpha value is -1.70. The number of benzene rings is 1. The van der Waals surface area contributed by atoms with Crippen LogP contribution in [-0.2, 0) is 6.54 Å². The van der Waals surface area contributed by atoms with E-state index in [0.717, 1.165) is 5.56 Å². The summed E-state index contributed by atoms with van der Waals surface area (Å²) >= 11 is 11.9. The maximum Gasteiger partial charge on any atom is 0.163 e. The standard InChI is InChI=1S/C11H8Cl2N4/c12-9-1-2-10(13)7(3-9)5-17-6-8(4-14)11(15)16-17/h1-3,6H,5H2,(H2,15,16). The Labute approximate surface area is 108 Å². The molecule has 1 aromatic carbocycles. The summed E-state index contributed by atoms with van der Waals surface area (Å²) in [5.74, 6) is 0.214. The quantitative estimate of drug-likeness (QED) is 0.909. The van der Waals surface area contributed by atoms with E-state index in [4.69, 9.17) is 34.2 Å². The van der Waals surface area contributed by atoms with Gasteiger partial charge in [0.05, 0.1) is 6.54 Å². The highest BCUT2D eigenvalue weighted by Gasteiger charge is 2.07. The van der Waals surface area contributed by atoms with Crippen LogP contribution in [0.2, 0.25) is 10.0 Å². The topological polar surface area (TPSA) is 67.6 Å². The third kappa shape index (κ3) is 2.52. The minimum atomic E-state index is 0.214. The highest BCUT2D eigenvalue weighted by Crippen LogP contribution is 2.21. The fraction of sp³-hybridized carbons (Fsp3) is 0.0909. The molecular formula is C11H8Cl2N4. The van der Waals surface area contributed by atoms with Crippen LogP contribution >= 0.6 is 23.2 Å². The van der Waals surface area contributed by atoms with Gasteiger partial charge in [-0.2, -0.15) is 10.4 Å². The molecule has 0 radical (unpaired) electrons. The van der Waals surface area contributed by atoms with Crippen LogP contribution in [0.4, 0.5) is 5.82 Å². The molecule has 2 aromatic rings. The van der Waals surface area contributed by atoms with Gasteiger partial charge in [-0.3, -0.25) is 4.68 Å². The van der Waals surface area contributed by atoms with E-state index >= 15 is 0 Å². The predicted molar refractivity (Wildman–Crippen MR) is 66.9 cm³/mol. The van der Waals surface area contributed by atoms with Gasteiger partial charge in [-0.1, -0.05) is 23.2 Å². The molecule has 0 amide bonds. The van der Waals surface area contributed by atoms with Crippen molar-refractivity contribution < 1.29 is 0 Å². The maximum absolute atomic E-state index is 8.77. The lowest BCUT2D eigenvalue weighted by atomic mass is 10.2. The van der Waals surface area contributed by atoms with Gasteiger partial charge in [0.2, 0.25) is 0 Å². The van der Waals surface area contributed by atoms with Crippen LogP contribution in [0.5, 0.6) is 0 Å². The number of halogens is 2. The van der Waals surface area contributed by atoms with Crippen LogP contribution in [0.3, 0.4) is 0 Å². The normalized spacial score (nSPS) is 10.2. The average molecular weight is 267 g/mol. The van der Waals surface area contributed by atoms with Crippen molar-refractivity contribution in [3.8, 4) is 6.07 Å². The van der Waals surface area contributed by atoms with Crippen molar-refractivity contribution in [2.75, 3.05) is 5.73 Å². The first-order valence-corrected chi connectivity index (χ1v) is 5.52. The van der Waals surface area contributed by atoms with Crippen molar-refractivity contribution in [1.82, 2.24) is 9.78 Å². The number of nitrogens with two attached hydrogens (primary N) is 1. The maximum atomic E-state index is 8.77. The minimum absolute atomic E-state index is 0.214. The number of nitrogen functional groups attached to an aromatic ring is 1. The smallest absolute Gasteiger partial charge is 0.163 e. The molecule has 0 spiro atoms. The number of hydrogen-bond donors (Lipinski definition) is 1. The molecule has 0 saturated carbocycles. The van der Waals surface area contributed by atoms with E-state index < -0.39 is 0 Å². The number of hydrogen-bond acceptors (Lipinski definition) is 3. The molecule has 4 nitrogen and oxygen atoms in total. The molecule has 0 aliphatic rings. The molecule has 1 aromatic heterocycles. The van der Waals surface area contributed by atoms with Crippen molar-refractivity contribution in [2.45, 2.75) is 6.54 Å². The van der Waals surface area contributed by atoms with Crippen LogP contribution in [0.1, 0.15) is 11.1 Å². The fourth-order valence-corrected chi connectivity index (χ4v) is 1.81. The zero-order valence-corrected chi connectivity index (χ0v) is 10.2. The summed E-state index contributed by atoms with van der Waals surface area (Å²) in [6.07, 6.45) is 1.58. The lowest BCUT2D eigenvalue weighted by Gasteiger charge is -2.04. The fourth-order valence-electron chi connectivity index (χ4n) is 1.44. The first-order valence-electron chi connectivity index (χ1n) is 4.77. The second-order valence-corrected chi connectivity index (χ2v) is 4.32. The highest BCUT2D eigenvalue weighted by molar-refractivity contribution is 6.33. The molecular weight excluding hydrogens is 259 g/mol. The van der Waals surface area contributed by atoms with Gasteiger partial charge in [0.15, 0.2) is 5.82 Å². The van der Waals surface area contributed by atoms with Crippen molar-refractivity contribution in [3.05, 3.63) is 45.6 Å². The van der Waals surface area contributed by atoms with Crippen LogP contribution < -0.4 is 5.73 Å². The first-order chi connectivity index (χ1) is 8.10. The molecule has 0 atom stereocenters. The zero-order chi connectivity index (χ0) is 12.4. The van der Waals surface area contributed by atoms with Crippen molar-refractivity contribution in [1.29, 1.82) is 5.26 Å². The summed E-state index contributed by atoms with van der Waals surface area (Å²) < 4.78 is 1.56. The monoisotopic (exact) mass is 266 g/mol. The molecule has 17 heavy (non-hydrogen) atoms. The third-order valence-electron chi connectivity index (χ3n) is 2.25. The summed E-state index contributed by atoms with van der Waals surface area (Å²) in [4.78, 5) is 0. The lowest BCUT2D eigenvalue weighted by molar-refractivity contribution is 0.690. The number of nitrogens with zero attached hydrogens (tertiary/aromatic N) is 3. The molecule has 1 heterocycles. The van der Waals surface area contributed by atoms with Crippen molar-refractivity contribution >= 4 is 29.0 Å². The van der Waals surface area contributed by atoms with Gasteiger partial charge >= 0.3 is 0 Å². The highest BCUT2D eigenvalue weighted by atomic mass is 35.5. The average Bonchev–Trinajstić information content (AvgIpc) is 2.64. The Kier molecular flexibility index (Phi) is 3.23. The summed E-state index contributed by atoms with van der Waals surface area (Å²) in [6.45, 7) is 0.422.